The number of likely N-dealkylation sites (tertiary alicyclic amines) is 2. The summed E-state index contributed by atoms with van der Waals surface area (Å²) in [7, 11) is 0. The van der Waals surface area contributed by atoms with E-state index in [4.69, 9.17) is 0 Å². The first-order valence-corrected chi connectivity index (χ1v) is 10.5. The molecule has 0 aromatic carbocycles. The predicted molar refractivity (Wildman–Crippen MR) is 105 cm³/mol. The van der Waals surface area contributed by atoms with Gasteiger partial charge < -0.3 is 9.80 Å². The van der Waals surface area contributed by atoms with Crippen molar-refractivity contribution in [2.45, 2.75) is 38.5 Å². The lowest BCUT2D eigenvalue weighted by Crippen LogP contribution is -2.55. The van der Waals surface area contributed by atoms with Crippen LogP contribution in [0.5, 0.6) is 0 Å². The fraction of sp³-hybridized carbons (Fsp3) is 0.571. The standard InChI is InChI=1S/C21H26N6O2/c28-19-4-7-21(13-26(19)11-16-2-3-16)6-1-9-25(12-21)20(29)17-5-8-22-18(10-17)27-14-23-24-15-27/h5,8,10,14-16H,1-4,6-7,9,11-13H2. The number of carbonyl (C=O) groups excluding carboxylic acids is 2. The van der Waals surface area contributed by atoms with Crippen LogP contribution in [0.1, 0.15) is 48.9 Å². The number of hydrogen-bond acceptors (Lipinski definition) is 5. The summed E-state index contributed by atoms with van der Waals surface area (Å²) in [5, 5.41) is 7.61. The predicted octanol–water partition coefficient (Wildman–Crippen LogP) is 1.92. The fourth-order valence-electron chi connectivity index (χ4n) is 4.79. The molecule has 1 unspecified atom stereocenters. The minimum atomic E-state index is 0.0337. The van der Waals surface area contributed by atoms with Gasteiger partial charge in [0, 0.05) is 49.8 Å². The molecule has 8 heteroatoms. The molecule has 1 atom stereocenters. The minimum Gasteiger partial charge on any atom is -0.342 e. The fourth-order valence-corrected chi connectivity index (χ4v) is 4.79. The third-order valence-electron chi connectivity index (χ3n) is 6.55. The molecule has 2 amide bonds. The first-order chi connectivity index (χ1) is 14.1. The van der Waals surface area contributed by atoms with Gasteiger partial charge in [-0.3, -0.25) is 14.2 Å². The quantitative estimate of drug-likeness (QED) is 0.791. The summed E-state index contributed by atoms with van der Waals surface area (Å²) in [6, 6.07) is 3.55. The lowest BCUT2D eigenvalue weighted by atomic mass is 9.73. The van der Waals surface area contributed by atoms with Crippen molar-refractivity contribution < 1.29 is 9.59 Å². The van der Waals surface area contributed by atoms with E-state index in [-0.39, 0.29) is 11.3 Å². The van der Waals surface area contributed by atoms with Crippen molar-refractivity contribution in [3.8, 4) is 5.82 Å². The normalized spacial score (nSPS) is 24.9. The maximum Gasteiger partial charge on any atom is 0.254 e. The van der Waals surface area contributed by atoms with Gasteiger partial charge in [0.1, 0.15) is 18.5 Å². The highest BCUT2D eigenvalue weighted by atomic mass is 16.2. The Morgan fingerprint density at radius 3 is 2.79 bits per heavy atom. The Balaban J connectivity index is 1.32. The van der Waals surface area contributed by atoms with Crippen LogP contribution in [0.2, 0.25) is 0 Å². The van der Waals surface area contributed by atoms with E-state index in [1.54, 1.807) is 35.6 Å². The first kappa shape index (κ1) is 18.3. The molecule has 0 bridgehead atoms. The number of rotatable bonds is 4. The van der Waals surface area contributed by atoms with Gasteiger partial charge in [0.2, 0.25) is 5.91 Å². The van der Waals surface area contributed by atoms with Gasteiger partial charge in [0.25, 0.3) is 5.91 Å². The van der Waals surface area contributed by atoms with Crippen molar-refractivity contribution in [1.29, 1.82) is 0 Å². The molecule has 2 aromatic heterocycles. The lowest BCUT2D eigenvalue weighted by Gasteiger charge is -2.48. The number of aromatic nitrogens is 4. The number of nitrogens with zero attached hydrogens (tertiary/aromatic N) is 6. The van der Waals surface area contributed by atoms with Crippen LogP contribution in [0, 0.1) is 11.3 Å². The van der Waals surface area contributed by atoms with E-state index in [0.29, 0.717) is 29.6 Å². The zero-order valence-corrected chi connectivity index (χ0v) is 16.5. The molecule has 1 aliphatic carbocycles. The third-order valence-corrected chi connectivity index (χ3v) is 6.55. The summed E-state index contributed by atoms with van der Waals surface area (Å²) in [4.78, 5) is 34.0. The van der Waals surface area contributed by atoms with Crippen LogP contribution in [0.15, 0.2) is 31.0 Å². The molecule has 29 heavy (non-hydrogen) atoms. The summed E-state index contributed by atoms with van der Waals surface area (Å²) >= 11 is 0. The van der Waals surface area contributed by atoms with Crippen molar-refractivity contribution in [1.82, 2.24) is 29.5 Å². The summed E-state index contributed by atoms with van der Waals surface area (Å²) in [6.07, 6.45) is 10.9. The SMILES string of the molecule is O=C1CCC2(CCCN(C(=O)c3ccnc(-n4cnnc4)c3)C2)CN1CC1CC1. The summed E-state index contributed by atoms with van der Waals surface area (Å²) < 4.78 is 1.69. The Bertz CT molecular complexity index is 910. The zero-order valence-electron chi connectivity index (χ0n) is 16.5. The van der Waals surface area contributed by atoms with E-state index >= 15 is 0 Å². The van der Waals surface area contributed by atoms with Gasteiger partial charge >= 0.3 is 0 Å². The van der Waals surface area contributed by atoms with E-state index in [9.17, 15) is 9.59 Å². The Kier molecular flexibility index (Phi) is 4.56. The Morgan fingerprint density at radius 1 is 1.17 bits per heavy atom. The van der Waals surface area contributed by atoms with Crippen LogP contribution in [0.3, 0.4) is 0 Å². The summed E-state index contributed by atoms with van der Waals surface area (Å²) in [5.41, 5.74) is 0.670. The minimum absolute atomic E-state index is 0.0337. The third kappa shape index (κ3) is 3.75. The number of carbonyl (C=O) groups is 2. The van der Waals surface area contributed by atoms with E-state index < -0.39 is 0 Å². The van der Waals surface area contributed by atoms with Crippen LogP contribution >= 0.6 is 0 Å². The van der Waals surface area contributed by atoms with Crippen LogP contribution in [-0.4, -0.2) is 67.5 Å². The second-order valence-electron chi connectivity index (χ2n) is 8.82. The zero-order chi connectivity index (χ0) is 19.8. The van der Waals surface area contributed by atoms with Crippen molar-refractivity contribution in [2.24, 2.45) is 11.3 Å². The van der Waals surface area contributed by atoms with Gasteiger partial charge in [-0.25, -0.2) is 4.98 Å². The van der Waals surface area contributed by atoms with Gasteiger partial charge in [0.15, 0.2) is 0 Å². The highest BCUT2D eigenvalue weighted by Gasteiger charge is 2.43. The van der Waals surface area contributed by atoms with E-state index in [1.165, 1.54) is 12.8 Å². The molecule has 8 nitrogen and oxygen atoms in total. The topological polar surface area (TPSA) is 84.2 Å². The molecule has 0 N–H and O–H groups in total. The average Bonchev–Trinajstić information content (AvgIpc) is 3.39. The number of pyridine rings is 1. The van der Waals surface area contributed by atoms with Gasteiger partial charge in [-0.2, -0.15) is 0 Å². The van der Waals surface area contributed by atoms with E-state index in [1.807, 2.05) is 4.90 Å². The summed E-state index contributed by atoms with van der Waals surface area (Å²) in [5.74, 6) is 1.65. The van der Waals surface area contributed by atoms with Gasteiger partial charge in [-0.1, -0.05) is 0 Å². The summed E-state index contributed by atoms with van der Waals surface area (Å²) in [6.45, 7) is 3.20. The van der Waals surface area contributed by atoms with Crippen molar-refractivity contribution in [3.05, 3.63) is 36.5 Å². The Hall–Kier alpha value is -2.77. The molecular weight excluding hydrogens is 368 g/mol. The number of hydrogen-bond donors (Lipinski definition) is 0. The van der Waals surface area contributed by atoms with E-state index in [2.05, 4.69) is 20.1 Å². The molecule has 0 radical (unpaired) electrons. The smallest absolute Gasteiger partial charge is 0.254 e. The molecular formula is C21H26N6O2. The Labute approximate surface area is 169 Å². The van der Waals surface area contributed by atoms with Crippen LogP contribution in [-0.2, 0) is 4.79 Å². The van der Waals surface area contributed by atoms with Crippen LogP contribution in [0.25, 0.3) is 5.82 Å². The lowest BCUT2D eigenvalue weighted by molar-refractivity contribution is -0.139. The molecule has 2 aliphatic heterocycles. The largest absolute Gasteiger partial charge is 0.342 e. The molecule has 2 aromatic rings. The van der Waals surface area contributed by atoms with Crippen molar-refractivity contribution in [2.75, 3.05) is 26.2 Å². The average molecular weight is 394 g/mol. The Morgan fingerprint density at radius 2 is 2.00 bits per heavy atom. The van der Waals surface area contributed by atoms with Crippen LogP contribution < -0.4 is 0 Å². The van der Waals surface area contributed by atoms with Gasteiger partial charge in [-0.05, 0) is 50.2 Å². The highest BCUT2D eigenvalue weighted by molar-refractivity contribution is 5.94. The maximum absolute atomic E-state index is 13.3. The molecule has 152 valence electrons. The van der Waals surface area contributed by atoms with Crippen molar-refractivity contribution in [3.63, 3.8) is 0 Å². The molecule has 5 rings (SSSR count). The van der Waals surface area contributed by atoms with Crippen LogP contribution in [0.4, 0.5) is 0 Å². The monoisotopic (exact) mass is 394 g/mol. The van der Waals surface area contributed by atoms with E-state index in [0.717, 1.165) is 45.4 Å². The molecule has 2 saturated heterocycles. The molecule has 4 heterocycles. The number of amides is 2. The second-order valence-corrected chi connectivity index (χ2v) is 8.82. The molecule has 1 spiro atoms. The molecule has 1 saturated carbocycles. The van der Waals surface area contributed by atoms with Gasteiger partial charge in [0.05, 0.1) is 0 Å². The second kappa shape index (κ2) is 7.24. The first-order valence-electron chi connectivity index (χ1n) is 10.5. The number of piperidine rings is 2. The highest BCUT2D eigenvalue weighted by Crippen LogP contribution is 2.41. The maximum atomic E-state index is 13.3. The molecule has 3 fully saturated rings. The van der Waals surface area contributed by atoms with Crippen molar-refractivity contribution >= 4 is 11.8 Å². The molecule has 3 aliphatic rings. The van der Waals surface area contributed by atoms with Gasteiger partial charge in [-0.15, -0.1) is 10.2 Å².